The highest BCUT2D eigenvalue weighted by molar-refractivity contribution is 7.09. The molecule has 0 aliphatic rings. The molecule has 0 saturated carbocycles. The van der Waals surface area contributed by atoms with Crippen LogP contribution in [-0.2, 0) is 0 Å². The number of nitrogens with zero attached hydrogens (tertiary/aromatic N) is 1. The lowest BCUT2D eigenvalue weighted by molar-refractivity contribution is 0.102. The van der Waals surface area contributed by atoms with E-state index in [4.69, 9.17) is 9.84 Å². The normalized spacial score (nSPS) is 10.5. The summed E-state index contributed by atoms with van der Waals surface area (Å²) in [5.74, 6) is 0.394. The predicted molar refractivity (Wildman–Crippen MR) is 109 cm³/mol. The van der Waals surface area contributed by atoms with Crippen molar-refractivity contribution in [2.45, 2.75) is 6.92 Å². The lowest BCUT2D eigenvalue weighted by Gasteiger charge is -2.13. The van der Waals surface area contributed by atoms with Crippen molar-refractivity contribution in [1.82, 2.24) is 4.98 Å². The Morgan fingerprint density at radius 2 is 2.00 bits per heavy atom. The van der Waals surface area contributed by atoms with E-state index in [0.717, 1.165) is 16.3 Å². The van der Waals surface area contributed by atoms with Crippen molar-refractivity contribution in [1.29, 1.82) is 0 Å². The van der Waals surface area contributed by atoms with Crippen LogP contribution in [0.2, 0.25) is 0 Å². The molecule has 6 nitrogen and oxygen atoms in total. The zero-order chi connectivity index (χ0) is 19.2. The van der Waals surface area contributed by atoms with Crippen LogP contribution in [0.5, 0.6) is 5.75 Å². The number of hydrogen-bond donors (Lipinski definition) is 3. The van der Waals surface area contributed by atoms with E-state index in [1.165, 1.54) is 0 Å². The van der Waals surface area contributed by atoms with Crippen LogP contribution in [0, 0.1) is 6.92 Å². The molecular weight excluding hydrogens is 362 g/mol. The van der Waals surface area contributed by atoms with E-state index in [9.17, 15) is 4.79 Å². The molecule has 3 rings (SSSR count). The topological polar surface area (TPSA) is 83.5 Å². The molecule has 0 unspecified atom stereocenters. The van der Waals surface area contributed by atoms with Gasteiger partial charge in [-0.05, 0) is 31.2 Å². The number of ether oxygens (including phenoxy) is 1. The third kappa shape index (κ3) is 4.64. The van der Waals surface area contributed by atoms with Gasteiger partial charge in [-0.3, -0.25) is 4.79 Å². The summed E-state index contributed by atoms with van der Waals surface area (Å²) in [6, 6.07) is 12.7. The average Bonchev–Trinajstić information content (AvgIpc) is 3.13. The fourth-order valence-corrected chi connectivity index (χ4v) is 3.23. The summed E-state index contributed by atoms with van der Waals surface area (Å²) < 4.78 is 5.21. The van der Waals surface area contributed by atoms with Crippen LogP contribution in [0.1, 0.15) is 15.4 Å². The third-order valence-electron chi connectivity index (χ3n) is 3.96. The number of amides is 1. The van der Waals surface area contributed by atoms with Crippen molar-refractivity contribution in [2.24, 2.45) is 0 Å². The number of anilines is 2. The number of hydrogen-bond acceptors (Lipinski definition) is 6. The van der Waals surface area contributed by atoms with Gasteiger partial charge in [-0.2, -0.15) is 0 Å². The molecule has 0 atom stereocenters. The Morgan fingerprint density at radius 3 is 2.63 bits per heavy atom. The maximum atomic E-state index is 12.7. The molecule has 1 aromatic heterocycles. The summed E-state index contributed by atoms with van der Waals surface area (Å²) in [6.45, 7) is 2.28. The van der Waals surface area contributed by atoms with Gasteiger partial charge in [0, 0.05) is 29.2 Å². The van der Waals surface area contributed by atoms with E-state index in [0.29, 0.717) is 29.2 Å². The van der Waals surface area contributed by atoms with Crippen molar-refractivity contribution >= 4 is 28.6 Å². The van der Waals surface area contributed by atoms with E-state index in [1.54, 1.807) is 36.6 Å². The highest BCUT2D eigenvalue weighted by Crippen LogP contribution is 2.25. The molecule has 1 heterocycles. The number of aliphatic hydroxyl groups is 1. The van der Waals surface area contributed by atoms with Gasteiger partial charge in [0.1, 0.15) is 5.75 Å². The minimum absolute atomic E-state index is 0.0319. The number of benzene rings is 2. The van der Waals surface area contributed by atoms with Crippen LogP contribution in [0.4, 0.5) is 11.4 Å². The van der Waals surface area contributed by atoms with Gasteiger partial charge in [-0.1, -0.05) is 12.1 Å². The second-order valence-corrected chi connectivity index (χ2v) is 6.91. The Hall–Kier alpha value is -2.90. The number of aliphatic hydroxyl groups excluding tert-OH is 1. The van der Waals surface area contributed by atoms with Crippen molar-refractivity contribution in [3.63, 3.8) is 0 Å². The largest absolute Gasteiger partial charge is 0.497 e. The smallest absolute Gasteiger partial charge is 0.257 e. The lowest BCUT2D eigenvalue weighted by atomic mass is 10.1. The van der Waals surface area contributed by atoms with E-state index in [1.807, 2.05) is 36.6 Å². The first-order valence-corrected chi connectivity index (χ1v) is 9.35. The van der Waals surface area contributed by atoms with Crippen LogP contribution in [-0.4, -0.2) is 36.3 Å². The zero-order valence-electron chi connectivity index (χ0n) is 15.2. The molecule has 0 spiro atoms. The first-order chi connectivity index (χ1) is 13.1. The number of aromatic nitrogens is 1. The molecule has 140 valence electrons. The van der Waals surface area contributed by atoms with Crippen LogP contribution in [0.15, 0.2) is 47.8 Å². The number of rotatable bonds is 7. The molecule has 3 N–H and O–H groups in total. The molecule has 1 amide bonds. The molecule has 0 radical (unpaired) electrons. The first kappa shape index (κ1) is 18.9. The molecule has 27 heavy (non-hydrogen) atoms. The molecule has 0 aliphatic heterocycles. The summed E-state index contributed by atoms with van der Waals surface area (Å²) >= 11 is 1.61. The van der Waals surface area contributed by atoms with Gasteiger partial charge in [0.05, 0.1) is 35.7 Å². The summed E-state index contributed by atoms with van der Waals surface area (Å²) in [7, 11) is 1.57. The minimum Gasteiger partial charge on any atom is -0.497 e. The first-order valence-electron chi connectivity index (χ1n) is 8.47. The number of methoxy groups -OCH3 is 1. The number of nitrogens with one attached hydrogen (secondary N) is 2. The fraction of sp³-hybridized carbons (Fsp3) is 0.200. The molecule has 2 aromatic carbocycles. The van der Waals surface area contributed by atoms with Crippen molar-refractivity contribution in [2.75, 3.05) is 30.9 Å². The highest BCUT2D eigenvalue weighted by atomic mass is 32.1. The monoisotopic (exact) mass is 383 g/mol. The fourth-order valence-electron chi connectivity index (χ4n) is 2.60. The third-order valence-corrected chi connectivity index (χ3v) is 4.73. The lowest BCUT2D eigenvalue weighted by Crippen LogP contribution is -2.16. The number of aryl methyl sites for hydroxylation is 1. The maximum absolute atomic E-state index is 12.7. The Labute approximate surface area is 161 Å². The van der Waals surface area contributed by atoms with Gasteiger partial charge < -0.3 is 20.5 Å². The van der Waals surface area contributed by atoms with Crippen LogP contribution in [0.3, 0.4) is 0 Å². The van der Waals surface area contributed by atoms with Crippen LogP contribution >= 0.6 is 11.3 Å². The summed E-state index contributed by atoms with van der Waals surface area (Å²) in [6.07, 6.45) is 0. The van der Waals surface area contributed by atoms with Gasteiger partial charge in [-0.15, -0.1) is 11.3 Å². The number of thiazole rings is 1. The van der Waals surface area contributed by atoms with Gasteiger partial charge >= 0.3 is 0 Å². The number of carbonyl (C=O) groups excluding carboxylic acids is 1. The second-order valence-electron chi connectivity index (χ2n) is 5.85. The minimum atomic E-state index is -0.240. The molecule has 0 saturated heterocycles. The predicted octanol–water partition coefficient (Wildman–Crippen LogP) is 3.78. The van der Waals surface area contributed by atoms with E-state index in [-0.39, 0.29) is 12.5 Å². The van der Waals surface area contributed by atoms with Gasteiger partial charge in [-0.25, -0.2) is 4.98 Å². The Kier molecular flexibility index (Phi) is 6.05. The molecule has 0 bridgehead atoms. The van der Waals surface area contributed by atoms with Gasteiger partial charge in [0.2, 0.25) is 0 Å². The van der Waals surface area contributed by atoms with Crippen LogP contribution < -0.4 is 15.4 Å². The standard InChI is InChI=1S/C20H21N3O3S/c1-13-22-19(12-27-13)14-3-5-15(6-4-14)23-20(25)17-8-7-16(26-2)11-18(17)21-9-10-24/h3-8,11-12,21,24H,9-10H2,1-2H3,(H,23,25). The Morgan fingerprint density at radius 1 is 1.22 bits per heavy atom. The van der Waals surface area contributed by atoms with Gasteiger partial charge in [0.15, 0.2) is 0 Å². The molecule has 3 aromatic rings. The Balaban J connectivity index is 1.76. The second kappa shape index (κ2) is 8.66. The van der Waals surface area contributed by atoms with Gasteiger partial charge in [0.25, 0.3) is 5.91 Å². The summed E-state index contributed by atoms with van der Waals surface area (Å²) in [5.41, 5.74) is 3.71. The maximum Gasteiger partial charge on any atom is 0.257 e. The number of carbonyl (C=O) groups is 1. The summed E-state index contributed by atoms with van der Waals surface area (Å²) in [4.78, 5) is 17.2. The molecule has 0 aliphatic carbocycles. The van der Waals surface area contributed by atoms with E-state index in [2.05, 4.69) is 15.6 Å². The Bertz CT molecular complexity index is 922. The average molecular weight is 383 g/mol. The molecule has 0 fully saturated rings. The van der Waals surface area contributed by atoms with Crippen molar-refractivity contribution in [3.8, 4) is 17.0 Å². The molecular formula is C20H21N3O3S. The van der Waals surface area contributed by atoms with Crippen molar-refractivity contribution in [3.05, 3.63) is 58.4 Å². The highest BCUT2D eigenvalue weighted by Gasteiger charge is 2.13. The summed E-state index contributed by atoms with van der Waals surface area (Å²) in [5, 5.41) is 18.0. The SMILES string of the molecule is COc1ccc(C(=O)Nc2ccc(-c3csc(C)n3)cc2)c(NCCO)c1. The van der Waals surface area contributed by atoms with E-state index < -0.39 is 0 Å². The van der Waals surface area contributed by atoms with E-state index >= 15 is 0 Å². The van der Waals surface area contributed by atoms with Crippen molar-refractivity contribution < 1.29 is 14.6 Å². The van der Waals surface area contributed by atoms with Crippen LogP contribution in [0.25, 0.3) is 11.3 Å². The zero-order valence-corrected chi connectivity index (χ0v) is 16.0. The molecule has 7 heteroatoms. The quantitative estimate of drug-likeness (QED) is 0.578.